The molecule has 0 atom stereocenters. The lowest BCUT2D eigenvalue weighted by Gasteiger charge is -2.05. The Labute approximate surface area is 109 Å². The average Bonchev–Trinajstić information content (AvgIpc) is 2.91. The van der Waals surface area contributed by atoms with Crippen molar-refractivity contribution in [3.8, 4) is 0 Å². The molecule has 0 N–H and O–H groups in total. The summed E-state index contributed by atoms with van der Waals surface area (Å²) >= 11 is 0. The molecule has 0 amide bonds. The van der Waals surface area contributed by atoms with Crippen molar-refractivity contribution in [2.75, 3.05) is 0 Å². The molecule has 0 spiro atoms. The standard InChI is InChI=1S/C12H7F2N3.C2H6/c1-2-9-12-15-3-4-17(12)11-6-8(14)7(13)5-10(11)16-9;1-2/h2-6H,1H2;1-2H3. The summed E-state index contributed by atoms with van der Waals surface area (Å²) in [7, 11) is 0. The van der Waals surface area contributed by atoms with E-state index in [0.717, 1.165) is 12.1 Å². The second-order valence-electron chi connectivity index (χ2n) is 3.58. The van der Waals surface area contributed by atoms with E-state index < -0.39 is 11.6 Å². The predicted molar refractivity (Wildman–Crippen MR) is 71.8 cm³/mol. The van der Waals surface area contributed by atoms with Gasteiger partial charge >= 0.3 is 0 Å². The van der Waals surface area contributed by atoms with Crippen LogP contribution in [0.2, 0.25) is 0 Å². The molecule has 3 nitrogen and oxygen atoms in total. The second kappa shape index (κ2) is 5.14. The van der Waals surface area contributed by atoms with Crippen LogP contribution in [0.25, 0.3) is 22.8 Å². The largest absolute Gasteiger partial charge is 0.296 e. The maximum Gasteiger partial charge on any atom is 0.163 e. The van der Waals surface area contributed by atoms with Gasteiger partial charge in [0.2, 0.25) is 0 Å². The van der Waals surface area contributed by atoms with Crippen LogP contribution in [0, 0.1) is 11.6 Å². The summed E-state index contributed by atoms with van der Waals surface area (Å²) in [4.78, 5) is 8.29. The first-order valence-electron chi connectivity index (χ1n) is 5.95. The minimum Gasteiger partial charge on any atom is -0.296 e. The fourth-order valence-corrected chi connectivity index (χ4v) is 1.81. The zero-order valence-corrected chi connectivity index (χ0v) is 10.7. The van der Waals surface area contributed by atoms with E-state index >= 15 is 0 Å². The Balaban J connectivity index is 0.000000637. The maximum atomic E-state index is 13.2. The van der Waals surface area contributed by atoms with E-state index in [0.29, 0.717) is 22.4 Å². The van der Waals surface area contributed by atoms with Gasteiger partial charge < -0.3 is 0 Å². The summed E-state index contributed by atoms with van der Waals surface area (Å²) in [6.45, 7) is 7.62. The molecule has 3 aromatic rings. The van der Waals surface area contributed by atoms with Gasteiger partial charge in [-0.05, 0) is 6.08 Å². The van der Waals surface area contributed by atoms with E-state index in [4.69, 9.17) is 0 Å². The highest BCUT2D eigenvalue weighted by Gasteiger charge is 2.10. The summed E-state index contributed by atoms with van der Waals surface area (Å²) in [6.07, 6.45) is 4.78. The van der Waals surface area contributed by atoms with Crippen LogP contribution in [-0.2, 0) is 0 Å². The van der Waals surface area contributed by atoms with Crippen molar-refractivity contribution in [2.24, 2.45) is 0 Å². The number of halogens is 2. The first-order chi connectivity index (χ1) is 9.20. The molecular formula is C14H13F2N3. The fraction of sp³-hybridized carbons (Fsp3) is 0.143. The van der Waals surface area contributed by atoms with Gasteiger partial charge in [0, 0.05) is 24.5 Å². The highest BCUT2D eigenvalue weighted by Crippen LogP contribution is 2.20. The van der Waals surface area contributed by atoms with Crippen LogP contribution in [-0.4, -0.2) is 14.4 Å². The highest BCUT2D eigenvalue weighted by atomic mass is 19.2. The van der Waals surface area contributed by atoms with Gasteiger partial charge in [0.25, 0.3) is 0 Å². The molecule has 0 aliphatic rings. The number of aromatic nitrogens is 3. The lowest BCUT2D eigenvalue weighted by molar-refractivity contribution is 0.510. The SMILES string of the molecule is C=Cc1nc2cc(F)c(F)cc2n2ccnc12.CC. The van der Waals surface area contributed by atoms with E-state index in [1.54, 1.807) is 16.8 Å². The van der Waals surface area contributed by atoms with E-state index in [1.807, 2.05) is 13.8 Å². The number of imidazole rings is 1. The monoisotopic (exact) mass is 261 g/mol. The molecule has 0 aliphatic heterocycles. The normalized spacial score (nSPS) is 10.3. The Morgan fingerprint density at radius 2 is 1.89 bits per heavy atom. The Bertz CT molecular complexity index is 747. The molecule has 2 heterocycles. The van der Waals surface area contributed by atoms with Crippen molar-refractivity contribution in [3.63, 3.8) is 0 Å². The number of hydrogen-bond acceptors (Lipinski definition) is 2. The van der Waals surface area contributed by atoms with E-state index in [1.165, 1.54) is 6.08 Å². The van der Waals surface area contributed by atoms with Gasteiger partial charge in [-0.2, -0.15) is 0 Å². The molecule has 3 rings (SSSR count). The Hall–Kier alpha value is -2.30. The van der Waals surface area contributed by atoms with E-state index in [9.17, 15) is 8.78 Å². The van der Waals surface area contributed by atoms with Crippen LogP contribution >= 0.6 is 0 Å². The molecule has 0 saturated heterocycles. The minimum absolute atomic E-state index is 0.365. The third kappa shape index (κ3) is 2.07. The molecule has 0 radical (unpaired) electrons. The number of fused-ring (bicyclic) bond motifs is 3. The smallest absolute Gasteiger partial charge is 0.163 e. The van der Waals surface area contributed by atoms with Crippen LogP contribution in [0.3, 0.4) is 0 Å². The molecule has 0 aliphatic carbocycles. The number of rotatable bonds is 1. The molecule has 19 heavy (non-hydrogen) atoms. The van der Waals surface area contributed by atoms with Gasteiger partial charge in [0.1, 0.15) is 5.69 Å². The third-order valence-corrected chi connectivity index (χ3v) is 2.58. The van der Waals surface area contributed by atoms with E-state index in [-0.39, 0.29) is 0 Å². The summed E-state index contributed by atoms with van der Waals surface area (Å²) in [5.74, 6) is -1.82. The van der Waals surface area contributed by atoms with Gasteiger partial charge in [0.05, 0.1) is 11.0 Å². The van der Waals surface area contributed by atoms with Crippen molar-refractivity contribution in [3.05, 3.63) is 48.4 Å². The van der Waals surface area contributed by atoms with Gasteiger partial charge in [-0.15, -0.1) is 0 Å². The van der Waals surface area contributed by atoms with Gasteiger partial charge in [-0.1, -0.05) is 20.4 Å². The zero-order chi connectivity index (χ0) is 14.0. The summed E-state index contributed by atoms with van der Waals surface area (Å²) < 4.78 is 28.0. The van der Waals surface area contributed by atoms with Crippen LogP contribution in [0.15, 0.2) is 31.1 Å². The molecular weight excluding hydrogens is 248 g/mol. The van der Waals surface area contributed by atoms with Gasteiger partial charge in [0.15, 0.2) is 17.3 Å². The molecule has 0 bridgehead atoms. The predicted octanol–water partition coefficient (Wildman–Crippen LogP) is 3.83. The van der Waals surface area contributed by atoms with Crippen LogP contribution in [0.1, 0.15) is 19.5 Å². The van der Waals surface area contributed by atoms with Crippen LogP contribution in [0.5, 0.6) is 0 Å². The quantitative estimate of drug-likeness (QED) is 0.666. The average molecular weight is 261 g/mol. The molecule has 0 saturated carbocycles. The number of hydrogen-bond donors (Lipinski definition) is 0. The topological polar surface area (TPSA) is 30.2 Å². The lowest BCUT2D eigenvalue weighted by atomic mass is 10.2. The van der Waals surface area contributed by atoms with Gasteiger partial charge in [-0.3, -0.25) is 4.40 Å². The minimum atomic E-state index is -0.917. The number of nitrogens with zero attached hydrogens (tertiary/aromatic N) is 3. The van der Waals surface area contributed by atoms with E-state index in [2.05, 4.69) is 16.5 Å². The third-order valence-electron chi connectivity index (χ3n) is 2.58. The molecule has 0 unspecified atom stereocenters. The van der Waals surface area contributed by atoms with Crippen molar-refractivity contribution < 1.29 is 8.78 Å². The Morgan fingerprint density at radius 3 is 2.58 bits per heavy atom. The van der Waals surface area contributed by atoms with Gasteiger partial charge in [-0.25, -0.2) is 18.7 Å². The second-order valence-corrected chi connectivity index (χ2v) is 3.58. The van der Waals surface area contributed by atoms with Crippen molar-refractivity contribution in [1.29, 1.82) is 0 Å². The van der Waals surface area contributed by atoms with Crippen LogP contribution < -0.4 is 0 Å². The summed E-state index contributed by atoms with van der Waals surface area (Å²) in [5, 5.41) is 0. The first kappa shape index (κ1) is 13.1. The molecule has 5 heteroatoms. The molecule has 98 valence electrons. The number of benzene rings is 1. The summed E-state index contributed by atoms with van der Waals surface area (Å²) in [5.41, 5.74) is 1.94. The molecule has 2 aromatic heterocycles. The molecule has 0 fully saturated rings. The van der Waals surface area contributed by atoms with Crippen LogP contribution in [0.4, 0.5) is 8.78 Å². The van der Waals surface area contributed by atoms with Crippen molar-refractivity contribution in [2.45, 2.75) is 13.8 Å². The lowest BCUT2D eigenvalue weighted by Crippen LogP contribution is -1.97. The highest BCUT2D eigenvalue weighted by molar-refractivity contribution is 5.81. The summed E-state index contributed by atoms with van der Waals surface area (Å²) in [6, 6.07) is 2.18. The zero-order valence-electron chi connectivity index (χ0n) is 10.7. The van der Waals surface area contributed by atoms with Crippen molar-refractivity contribution >= 4 is 22.8 Å². The van der Waals surface area contributed by atoms with Crippen molar-refractivity contribution in [1.82, 2.24) is 14.4 Å². The Kier molecular flexibility index (Phi) is 3.55. The Morgan fingerprint density at radius 1 is 1.21 bits per heavy atom. The molecule has 1 aromatic carbocycles. The maximum absolute atomic E-state index is 13.2. The first-order valence-corrected chi connectivity index (χ1v) is 5.95. The fourth-order valence-electron chi connectivity index (χ4n) is 1.81.